The van der Waals surface area contributed by atoms with Crippen molar-refractivity contribution in [2.75, 3.05) is 5.32 Å². The highest BCUT2D eigenvalue weighted by Gasteiger charge is 2.23. The van der Waals surface area contributed by atoms with E-state index >= 15 is 0 Å². The molecule has 2 aromatic carbocycles. The Labute approximate surface area is 185 Å². The van der Waals surface area contributed by atoms with E-state index in [4.69, 9.17) is 14.2 Å². The summed E-state index contributed by atoms with van der Waals surface area (Å²) in [6.45, 7) is 5.39. The Morgan fingerprint density at radius 3 is 2.53 bits per heavy atom. The van der Waals surface area contributed by atoms with Crippen LogP contribution in [0.2, 0.25) is 0 Å². The van der Waals surface area contributed by atoms with Crippen LogP contribution in [0, 0.1) is 10.1 Å². The molecule has 0 aliphatic carbocycles. The SMILES string of the molecule is CC(C)(C)OC(=O)Nc1cccc(Oc2ccnc([N+](=O)[O-])c2OCc2ccccc2)c1. The van der Waals surface area contributed by atoms with Crippen LogP contribution < -0.4 is 14.8 Å². The average molecular weight is 437 g/mol. The van der Waals surface area contributed by atoms with Crippen LogP contribution in [-0.2, 0) is 11.3 Å². The number of nitro groups is 1. The number of amides is 1. The molecule has 1 amide bonds. The zero-order valence-corrected chi connectivity index (χ0v) is 17.9. The van der Waals surface area contributed by atoms with E-state index < -0.39 is 22.4 Å². The van der Waals surface area contributed by atoms with Crippen molar-refractivity contribution in [1.29, 1.82) is 0 Å². The van der Waals surface area contributed by atoms with E-state index in [0.29, 0.717) is 11.4 Å². The minimum absolute atomic E-state index is 0.0909. The number of hydrogen-bond donors (Lipinski definition) is 1. The third-order valence-corrected chi connectivity index (χ3v) is 3.96. The summed E-state index contributed by atoms with van der Waals surface area (Å²) in [6.07, 6.45) is 0.659. The van der Waals surface area contributed by atoms with Gasteiger partial charge in [0.25, 0.3) is 5.75 Å². The fourth-order valence-electron chi connectivity index (χ4n) is 2.68. The van der Waals surface area contributed by atoms with Gasteiger partial charge in [0.2, 0.25) is 0 Å². The summed E-state index contributed by atoms with van der Waals surface area (Å²) < 4.78 is 16.8. The molecule has 0 atom stereocenters. The second-order valence-electron chi connectivity index (χ2n) is 7.75. The van der Waals surface area contributed by atoms with E-state index in [1.54, 1.807) is 45.0 Å². The molecule has 1 aromatic heterocycles. The summed E-state index contributed by atoms with van der Waals surface area (Å²) >= 11 is 0. The molecule has 0 bridgehead atoms. The van der Waals surface area contributed by atoms with Gasteiger partial charge in [0.05, 0.1) is 0 Å². The van der Waals surface area contributed by atoms with Gasteiger partial charge in [0, 0.05) is 17.8 Å². The third kappa shape index (κ3) is 6.43. The predicted molar refractivity (Wildman–Crippen MR) is 118 cm³/mol. The Morgan fingerprint density at radius 1 is 1.09 bits per heavy atom. The Morgan fingerprint density at radius 2 is 1.84 bits per heavy atom. The van der Waals surface area contributed by atoms with Crippen LogP contribution in [0.4, 0.5) is 16.3 Å². The number of carbonyl (C=O) groups is 1. The quantitative estimate of drug-likeness (QED) is 0.372. The summed E-state index contributed by atoms with van der Waals surface area (Å²) in [6, 6.07) is 17.3. The second-order valence-corrected chi connectivity index (χ2v) is 7.75. The number of anilines is 1. The van der Waals surface area contributed by atoms with Crippen molar-refractivity contribution < 1.29 is 23.9 Å². The molecule has 1 N–H and O–H groups in total. The van der Waals surface area contributed by atoms with Crippen molar-refractivity contribution in [3.8, 4) is 17.2 Å². The molecule has 0 saturated heterocycles. The third-order valence-electron chi connectivity index (χ3n) is 3.96. The number of benzene rings is 2. The van der Waals surface area contributed by atoms with Crippen molar-refractivity contribution >= 4 is 17.6 Å². The molecule has 3 aromatic rings. The van der Waals surface area contributed by atoms with E-state index in [9.17, 15) is 14.9 Å². The number of ether oxygens (including phenoxy) is 3. The summed E-state index contributed by atoms with van der Waals surface area (Å²) in [4.78, 5) is 26.7. The monoisotopic (exact) mass is 437 g/mol. The van der Waals surface area contributed by atoms with Crippen LogP contribution in [0.5, 0.6) is 17.2 Å². The van der Waals surface area contributed by atoms with Crippen molar-refractivity contribution in [1.82, 2.24) is 4.98 Å². The molecule has 0 aliphatic heterocycles. The first-order valence-corrected chi connectivity index (χ1v) is 9.79. The number of nitrogens with one attached hydrogen (secondary N) is 1. The fraction of sp³-hybridized carbons (Fsp3) is 0.217. The highest BCUT2D eigenvalue weighted by atomic mass is 16.6. The summed E-state index contributed by atoms with van der Waals surface area (Å²) in [5.74, 6) is -0.0889. The molecule has 0 fully saturated rings. The standard InChI is InChI=1S/C23H23N3O6/c1-23(2,3)32-22(27)25-17-10-7-11-18(14-17)31-19-12-13-24-21(26(28)29)20(19)30-15-16-8-5-4-6-9-16/h4-14H,15H2,1-3H3,(H,25,27). The lowest BCUT2D eigenvalue weighted by Crippen LogP contribution is -2.27. The molecule has 3 rings (SSSR count). The van der Waals surface area contributed by atoms with Gasteiger partial charge in [-0.1, -0.05) is 36.4 Å². The molecule has 0 unspecified atom stereocenters. The molecular formula is C23H23N3O6. The van der Waals surface area contributed by atoms with Crippen molar-refractivity contribution in [2.24, 2.45) is 0 Å². The molecule has 166 valence electrons. The van der Waals surface area contributed by atoms with E-state index in [-0.39, 0.29) is 18.1 Å². The highest BCUT2D eigenvalue weighted by Crippen LogP contribution is 2.38. The van der Waals surface area contributed by atoms with E-state index in [1.807, 2.05) is 30.3 Å². The van der Waals surface area contributed by atoms with Crippen LogP contribution in [0.15, 0.2) is 66.9 Å². The van der Waals surface area contributed by atoms with E-state index in [1.165, 1.54) is 12.3 Å². The number of aromatic nitrogens is 1. The largest absolute Gasteiger partial charge is 0.478 e. The molecule has 0 spiro atoms. The van der Waals surface area contributed by atoms with Gasteiger partial charge in [-0.05, 0) is 48.4 Å². The lowest BCUT2D eigenvalue weighted by atomic mass is 10.2. The first-order chi connectivity index (χ1) is 15.2. The molecule has 9 heteroatoms. The minimum atomic E-state index is -0.640. The maximum absolute atomic E-state index is 12.0. The van der Waals surface area contributed by atoms with Crippen LogP contribution in [-0.4, -0.2) is 21.6 Å². The van der Waals surface area contributed by atoms with Gasteiger partial charge in [-0.15, -0.1) is 0 Å². The lowest BCUT2D eigenvalue weighted by Gasteiger charge is -2.19. The zero-order valence-electron chi connectivity index (χ0n) is 17.9. The summed E-state index contributed by atoms with van der Waals surface area (Å²) in [7, 11) is 0. The Bertz CT molecular complexity index is 1100. The van der Waals surface area contributed by atoms with Gasteiger partial charge in [-0.2, -0.15) is 0 Å². The number of rotatable bonds is 7. The number of nitrogens with zero attached hydrogens (tertiary/aromatic N) is 2. The number of carbonyl (C=O) groups excluding carboxylic acids is 1. The van der Waals surface area contributed by atoms with Gasteiger partial charge in [0.1, 0.15) is 24.2 Å². The highest BCUT2D eigenvalue weighted by molar-refractivity contribution is 5.85. The van der Waals surface area contributed by atoms with E-state index in [2.05, 4.69) is 10.3 Å². The van der Waals surface area contributed by atoms with Crippen LogP contribution in [0.1, 0.15) is 26.3 Å². The maximum atomic E-state index is 12.0. The fourth-order valence-corrected chi connectivity index (χ4v) is 2.68. The Balaban J connectivity index is 1.81. The molecular weight excluding hydrogens is 414 g/mol. The smallest absolute Gasteiger partial charge is 0.412 e. The van der Waals surface area contributed by atoms with Gasteiger partial charge in [-0.3, -0.25) is 5.32 Å². The second kappa shape index (κ2) is 9.78. The van der Waals surface area contributed by atoms with Crippen LogP contribution in [0.3, 0.4) is 0 Å². The predicted octanol–water partition coefficient (Wildman–Crippen LogP) is 5.71. The Hall–Kier alpha value is -4.14. The molecule has 0 radical (unpaired) electrons. The van der Waals surface area contributed by atoms with Gasteiger partial charge >= 0.3 is 11.9 Å². The maximum Gasteiger partial charge on any atom is 0.412 e. The number of pyridine rings is 1. The molecule has 0 saturated carbocycles. The number of hydrogen-bond acceptors (Lipinski definition) is 7. The molecule has 0 aliphatic rings. The van der Waals surface area contributed by atoms with Gasteiger partial charge in [-0.25, -0.2) is 4.79 Å². The van der Waals surface area contributed by atoms with Gasteiger partial charge in [0.15, 0.2) is 5.75 Å². The molecule has 32 heavy (non-hydrogen) atoms. The topological polar surface area (TPSA) is 113 Å². The van der Waals surface area contributed by atoms with Crippen LogP contribution in [0.25, 0.3) is 0 Å². The van der Waals surface area contributed by atoms with Crippen LogP contribution >= 0.6 is 0 Å². The normalized spacial score (nSPS) is 10.8. The summed E-state index contributed by atoms with van der Waals surface area (Å²) in [5.41, 5.74) is 0.631. The lowest BCUT2D eigenvalue weighted by molar-refractivity contribution is -0.390. The van der Waals surface area contributed by atoms with Crippen molar-refractivity contribution in [2.45, 2.75) is 33.0 Å². The summed E-state index contributed by atoms with van der Waals surface area (Å²) in [5, 5.41) is 14.1. The van der Waals surface area contributed by atoms with Crippen molar-refractivity contribution in [3.05, 3.63) is 82.5 Å². The molecule has 1 heterocycles. The van der Waals surface area contributed by atoms with E-state index in [0.717, 1.165) is 5.56 Å². The molecule has 9 nitrogen and oxygen atoms in total. The first-order valence-electron chi connectivity index (χ1n) is 9.79. The van der Waals surface area contributed by atoms with Crippen molar-refractivity contribution in [3.63, 3.8) is 0 Å². The minimum Gasteiger partial charge on any atom is -0.478 e. The average Bonchev–Trinajstić information content (AvgIpc) is 2.72. The van der Waals surface area contributed by atoms with Gasteiger partial charge < -0.3 is 24.3 Å². The zero-order chi connectivity index (χ0) is 23.1. The Kier molecular flexibility index (Phi) is 6.89. The first kappa shape index (κ1) is 22.5.